The minimum atomic E-state index is -0.507. The molecule has 0 radical (unpaired) electrons. The number of rotatable bonds is 3. The summed E-state index contributed by atoms with van der Waals surface area (Å²) in [6.07, 6.45) is 0. The molecule has 0 aliphatic carbocycles. The van der Waals surface area contributed by atoms with E-state index in [1.807, 2.05) is 4.90 Å². The van der Waals surface area contributed by atoms with Crippen LogP contribution >= 0.6 is 0 Å². The number of ether oxygens (including phenoxy) is 1. The molecular weight excluding hydrogens is 278 g/mol. The van der Waals surface area contributed by atoms with E-state index < -0.39 is 4.92 Å². The fraction of sp³-hybridized carbons (Fsp3) is 0.333. The van der Waals surface area contributed by atoms with Crippen LogP contribution in [0.25, 0.3) is 11.5 Å². The van der Waals surface area contributed by atoms with Crippen LogP contribution in [-0.2, 0) is 4.74 Å². The van der Waals surface area contributed by atoms with Crippen molar-refractivity contribution in [3.63, 3.8) is 0 Å². The minimum absolute atomic E-state index is 0.0795. The Hall–Kier alpha value is -2.68. The number of nitrogens with two attached hydrogens (primary N) is 1. The number of benzene rings is 1. The van der Waals surface area contributed by atoms with Gasteiger partial charge in [0.1, 0.15) is 0 Å². The minimum Gasteiger partial charge on any atom is -0.398 e. The highest BCUT2D eigenvalue weighted by atomic mass is 16.6. The zero-order valence-electron chi connectivity index (χ0n) is 11.1. The van der Waals surface area contributed by atoms with Crippen molar-refractivity contribution in [3.8, 4) is 11.5 Å². The molecule has 0 amide bonds. The van der Waals surface area contributed by atoms with E-state index in [2.05, 4.69) is 10.1 Å². The first-order valence-corrected chi connectivity index (χ1v) is 6.36. The number of nitrogen functional groups attached to an aromatic ring is 1. The lowest BCUT2D eigenvalue weighted by atomic mass is 10.1. The van der Waals surface area contributed by atoms with Crippen molar-refractivity contribution in [1.82, 2.24) is 10.1 Å². The summed E-state index contributed by atoms with van der Waals surface area (Å²) in [5.74, 6) is 0.704. The second-order valence-electron chi connectivity index (χ2n) is 4.53. The molecule has 0 unspecified atom stereocenters. The third-order valence-electron chi connectivity index (χ3n) is 3.19. The lowest BCUT2D eigenvalue weighted by Crippen LogP contribution is -2.36. The first kappa shape index (κ1) is 13.3. The number of morpholine rings is 1. The molecule has 2 aromatic rings. The molecule has 1 aromatic carbocycles. The number of nitro benzene ring substituents is 1. The zero-order valence-corrected chi connectivity index (χ0v) is 11.1. The van der Waals surface area contributed by atoms with Crippen LogP contribution in [0.3, 0.4) is 0 Å². The number of nitrogens with zero attached hydrogens (tertiary/aromatic N) is 4. The molecule has 0 saturated carbocycles. The van der Waals surface area contributed by atoms with Gasteiger partial charge in [0.2, 0.25) is 0 Å². The van der Waals surface area contributed by atoms with E-state index >= 15 is 0 Å². The molecule has 110 valence electrons. The molecule has 1 fully saturated rings. The van der Waals surface area contributed by atoms with Gasteiger partial charge in [0.15, 0.2) is 0 Å². The maximum atomic E-state index is 10.7. The predicted molar refractivity (Wildman–Crippen MR) is 73.8 cm³/mol. The molecule has 1 aliphatic rings. The van der Waals surface area contributed by atoms with Crippen molar-refractivity contribution in [3.05, 3.63) is 28.3 Å². The van der Waals surface area contributed by atoms with Crippen LogP contribution in [0, 0.1) is 10.1 Å². The van der Waals surface area contributed by atoms with Crippen molar-refractivity contribution in [2.75, 3.05) is 36.9 Å². The molecule has 9 nitrogen and oxygen atoms in total. The van der Waals surface area contributed by atoms with Gasteiger partial charge in [0.05, 0.1) is 29.4 Å². The smallest absolute Gasteiger partial charge is 0.271 e. The van der Waals surface area contributed by atoms with Crippen molar-refractivity contribution in [2.45, 2.75) is 0 Å². The maximum Gasteiger partial charge on any atom is 0.271 e. The Morgan fingerprint density at radius 3 is 2.76 bits per heavy atom. The summed E-state index contributed by atoms with van der Waals surface area (Å²) >= 11 is 0. The van der Waals surface area contributed by atoms with Gasteiger partial charge < -0.3 is 19.9 Å². The molecule has 2 N–H and O–H groups in total. The van der Waals surface area contributed by atoms with Crippen molar-refractivity contribution in [2.24, 2.45) is 0 Å². The molecule has 21 heavy (non-hydrogen) atoms. The molecule has 1 saturated heterocycles. The second-order valence-corrected chi connectivity index (χ2v) is 4.53. The van der Waals surface area contributed by atoms with E-state index in [1.54, 1.807) is 0 Å². The summed E-state index contributed by atoms with van der Waals surface area (Å²) in [5, 5.41) is 14.6. The van der Waals surface area contributed by atoms with Gasteiger partial charge >= 0.3 is 0 Å². The summed E-state index contributed by atoms with van der Waals surface area (Å²) in [5.41, 5.74) is 6.44. The van der Waals surface area contributed by atoms with Gasteiger partial charge in [0.25, 0.3) is 17.5 Å². The van der Waals surface area contributed by atoms with Crippen molar-refractivity contribution >= 4 is 17.3 Å². The SMILES string of the molecule is Nc1cc([N+](=O)[O-])ccc1-c1nc(N2CCOCC2)no1. The van der Waals surface area contributed by atoms with Crippen molar-refractivity contribution in [1.29, 1.82) is 0 Å². The standard InChI is InChI=1S/C12H13N5O4/c13-10-7-8(17(18)19)1-2-9(10)11-14-12(15-21-11)16-3-5-20-6-4-16/h1-2,7H,3-6,13H2. The number of hydrogen-bond donors (Lipinski definition) is 1. The average molecular weight is 291 g/mol. The molecule has 9 heteroatoms. The van der Waals surface area contributed by atoms with Crippen LogP contribution in [0.2, 0.25) is 0 Å². The van der Waals surface area contributed by atoms with Crippen LogP contribution in [0.4, 0.5) is 17.3 Å². The summed E-state index contributed by atoms with van der Waals surface area (Å²) in [4.78, 5) is 16.4. The molecule has 0 spiro atoms. The van der Waals surface area contributed by atoms with Gasteiger partial charge in [-0.05, 0) is 11.2 Å². The van der Waals surface area contributed by atoms with E-state index in [0.29, 0.717) is 37.8 Å². The van der Waals surface area contributed by atoms with Gasteiger partial charge in [-0.2, -0.15) is 4.98 Å². The molecular formula is C12H13N5O4. The van der Waals surface area contributed by atoms with E-state index in [1.165, 1.54) is 18.2 Å². The number of anilines is 2. The summed E-state index contributed by atoms with van der Waals surface area (Å²) in [7, 11) is 0. The van der Waals surface area contributed by atoms with Crippen LogP contribution in [0.5, 0.6) is 0 Å². The molecule has 0 bridgehead atoms. The molecule has 0 atom stereocenters. The highest BCUT2D eigenvalue weighted by Crippen LogP contribution is 2.29. The number of nitro groups is 1. The van der Waals surface area contributed by atoms with E-state index in [9.17, 15) is 10.1 Å². The van der Waals surface area contributed by atoms with Gasteiger partial charge in [-0.3, -0.25) is 10.1 Å². The third-order valence-corrected chi connectivity index (χ3v) is 3.19. The van der Waals surface area contributed by atoms with Gasteiger partial charge in [-0.1, -0.05) is 0 Å². The lowest BCUT2D eigenvalue weighted by Gasteiger charge is -2.24. The molecule has 1 aromatic heterocycles. The Labute approximate surface area is 119 Å². The largest absolute Gasteiger partial charge is 0.398 e. The highest BCUT2D eigenvalue weighted by molar-refractivity contribution is 5.73. The van der Waals surface area contributed by atoms with Crippen LogP contribution in [0.1, 0.15) is 0 Å². The lowest BCUT2D eigenvalue weighted by molar-refractivity contribution is -0.384. The van der Waals surface area contributed by atoms with Crippen LogP contribution in [0.15, 0.2) is 22.7 Å². The maximum absolute atomic E-state index is 10.7. The first-order chi connectivity index (χ1) is 10.1. The quantitative estimate of drug-likeness (QED) is 0.506. The number of hydrogen-bond acceptors (Lipinski definition) is 8. The molecule has 1 aliphatic heterocycles. The molecule has 3 rings (SSSR count). The summed E-state index contributed by atoms with van der Waals surface area (Å²) < 4.78 is 10.4. The second kappa shape index (κ2) is 5.37. The van der Waals surface area contributed by atoms with E-state index in [0.717, 1.165) is 0 Å². The predicted octanol–water partition coefficient (Wildman–Crippen LogP) is 1.06. The Kier molecular flexibility index (Phi) is 3.40. The van der Waals surface area contributed by atoms with E-state index in [-0.39, 0.29) is 17.3 Å². The first-order valence-electron chi connectivity index (χ1n) is 6.36. The topological polar surface area (TPSA) is 121 Å². The Morgan fingerprint density at radius 2 is 2.10 bits per heavy atom. The van der Waals surface area contributed by atoms with Gasteiger partial charge in [-0.25, -0.2) is 0 Å². The van der Waals surface area contributed by atoms with E-state index in [4.69, 9.17) is 15.0 Å². The Morgan fingerprint density at radius 1 is 1.33 bits per heavy atom. The monoisotopic (exact) mass is 291 g/mol. The van der Waals surface area contributed by atoms with Gasteiger partial charge in [-0.15, -0.1) is 0 Å². The van der Waals surface area contributed by atoms with Gasteiger partial charge in [0, 0.05) is 25.2 Å². The highest BCUT2D eigenvalue weighted by Gasteiger charge is 2.19. The zero-order chi connectivity index (χ0) is 14.8. The fourth-order valence-corrected chi connectivity index (χ4v) is 2.08. The van der Waals surface area contributed by atoms with Crippen LogP contribution < -0.4 is 10.6 Å². The molecule has 2 heterocycles. The summed E-state index contributed by atoms with van der Waals surface area (Å²) in [6, 6.07) is 4.13. The normalized spacial score (nSPS) is 15.1. The van der Waals surface area contributed by atoms with Crippen molar-refractivity contribution < 1.29 is 14.2 Å². The number of aromatic nitrogens is 2. The fourth-order valence-electron chi connectivity index (χ4n) is 2.08. The third kappa shape index (κ3) is 2.63. The van der Waals surface area contributed by atoms with Crippen LogP contribution in [-0.4, -0.2) is 41.4 Å². The summed E-state index contributed by atoms with van der Waals surface area (Å²) in [6.45, 7) is 2.61. The Balaban J connectivity index is 1.87. The number of non-ortho nitro benzene ring substituents is 1. The average Bonchev–Trinajstić information content (AvgIpc) is 2.97. The Bertz CT molecular complexity index is 665.